The number of hydrogen-bond acceptors (Lipinski definition) is 4. The van der Waals surface area contributed by atoms with Crippen molar-refractivity contribution in [2.45, 2.75) is 25.8 Å². The van der Waals surface area contributed by atoms with Crippen LogP contribution in [0.2, 0.25) is 0 Å². The van der Waals surface area contributed by atoms with Crippen LogP contribution in [0.4, 0.5) is 0 Å². The third kappa shape index (κ3) is 5.67. The Bertz CT molecular complexity index is 233. The van der Waals surface area contributed by atoms with Crippen molar-refractivity contribution in [3.63, 3.8) is 0 Å². The zero-order valence-corrected chi connectivity index (χ0v) is 9.73. The molecule has 0 saturated carbocycles. The fourth-order valence-corrected chi connectivity index (χ4v) is 1.21. The number of aliphatic carboxylic acids is 1. The SMILES string of the molecule is COCC(NC(=O)C(C)CCCN)C(=O)O. The maximum absolute atomic E-state index is 11.6. The second kappa shape index (κ2) is 8.06. The number of carboxylic acid groups (broad SMARTS) is 1. The highest BCUT2D eigenvalue weighted by Gasteiger charge is 2.22. The van der Waals surface area contributed by atoms with E-state index in [4.69, 9.17) is 15.6 Å². The third-order valence-electron chi connectivity index (χ3n) is 2.24. The number of amides is 1. The minimum absolute atomic E-state index is 0.0370. The first-order chi connectivity index (χ1) is 7.52. The summed E-state index contributed by atoms with van der Waals surface area (Å²) < 4.78 is 4.71. The highest BCUT2D eigenvalue weighted by atomic mass is 16.5. The first-order valence-corrected chi connectivity index (χ1v) is 5.25. The molecule has 4 N–H and O–H groups in total. The van der Waals surface area contributed by atoms with Crippen LogP contribution in [0.15, 0.2) is 0 Å². The summed E-state index contributed by atoms with van der Waals surface area (Å²) in [7, 11) is 1.39. The summed E-state index contributed by atoms with van der Waals surface area (Å²) >= 11 is 0. The summed E-state index contributed by atoms with van der Waals surface area (Å²) in [4.78, 5) is 22.3. The lowest BCUT2D eigenvalue weighted by Crippen LogP contribution is -2.45. The molecule has 16 heavy (non-hydrogen) atoms. The van der Waals surface area contributed by atoms with E-state index in [1.165, 1.54) is 7.11 Å². The van der Waals surface area contributed by atoms with Gasteiger partial charge >= 0.3 is 5.97 Å². The zero-order valence-electron chi connectivity index (χ0n) is 9.73. The van der Waals surface area contributed by atoms with Crippen LogP contribution >= 0.6 is 0 Å². The standard InChI is InChI=1S/C10H20N2O4/c1-7(4-3-5-11)9(13)12-8(6-16-2)10(14)15/h7-8H,3-6,11H2,1-2H3,(H,12,13)(H,14,15). The van der Waals surface area contributed by atoms with E-state index < -0.39 is 12.0 Å². The Hall–Kier alpha value is -1.14. The lowest BCUT2D eigenvalue weighted by molar-refractivity contribution is -0.143. The molecule has 1 amide bonds. The number of nitrogens with one attached hydrogen (secondary N) is 1. The summed E-state index contributed by atoms with van der Waals surface area (Å²) in [6.07, 6.45) is 1.40. The predicted molar refractivity (Wildman–Crippen MR) is 58.9 cm³/mol. The van der Waals surface area contributed by atoms with Gasteiger partial charge in [0.1, 0.15) is 0 Å². The van der Waals surface area contributed by atoms with Gasteiger partial charge in [-0.3, -0.25) is 4.79 Å². The minimum atomic E-state index is -1.10. The number of carbonyl (C=O) groups excluding carboxylic acids is 1. The van der Waals surface area contributed by atoms with E-state index in [-0.39, 0.29) is 18.4 Å². The Morgan fingerprint density at radius 1 is 1.50 bits per heavy atom. The summed E-state index contributed by atoms with van der Waals surface area (Å²) in [6.45, 7) is 2.24. The lowest BCUT2D eigenvalue weighted by atomic mass is 10.0. The first-order valence-electron chi connectivity index (χ1n) is 5.25. The quantitative estimate of drug-likeness (QED) is 0.527. The van der Waals surface area contributed by atoms with Crippen molar-refractivity contribution >= 4 is 11.9 Å². The molecular weight excluding hydrogens is 212 g/mol. The Kier molecular flexibility index (Phi) is 7.49. The van der Waals surface area contributed by atoms with Gasteiger partial charge in [-0.25, -0.2) is 4.79 Å². The molecule has 0 aliphatic carbocycles. The van der Waals surface area contributed by atoms with Crippen molar-refractivity contribution < 1.29 is 19.4 Å². The molecule has 0 rings (SSSR count). The molecule has 6 heteroatoms. The fourth-order valence-electron chi connectivity index (χ4n) is 1.21. The van der Waals surface area contributed by atoms with Gasteiger partial charge in [0.05, 0.1) is 6.61 Å². The molecule has 0 radical (unpaired) electrons. The van der Waals surface area contributed by atoms with E-state index in [9.17, 15) is 9.59 Å². The highest BCUT2D eigenvalue weighted by molar-refractivity contribution is 5.84. The second-order valence-corrected chi connectivity index (χ2v) is 3.69. The van der Waals surface area contributed by atoms with E-state index in [0.29, 0.717) is 13.0 Å². The van der Waals surface area contributed by atoms with Gasteiger partial charge in [0.2, 0.25) is 5.91 Å². The minimum Gasteiger partial charge on any atom is -0.480 e. The molecule has 0 aromatic rings. The average molecular weight is 232 g/mol. The van der Waals surface area contributed by atoms with Gasteiger partial charge in [-0.05, 0) is 19.4 Å². The van der Waals surface area contributed by atoms with Gasteiger partial charge in [-0.1, -0.05) is 6.92 Å². The summed E-state index contributed by atoms with van der Waals surface area (Å²) in [5, 5.41) is 11.2. The lowest BCUT2D eigenvalue weighted by Gasteiger charge is -2.16. The van der Waals surface area contributed by atoms with Crippen LogP contribution in [0, 0.1) is 5.92 Å². The number of ether oxygens (including phenoxy) is 1. The third-order valence-corrected chi connectivity index (χ3v) is 2.24. The Labute approximate surface area is 95.1 Å². The van der Waals surface area contributed by atoms with E-state index in [2.05, 4.69) is 5.32 Å². The molecule has 6 nitrogen and oxygen atoms in total. The first kappa shape index (κ1) is 14.9. The zero-order chi connectivity index (χ0) is 12.6. The molecule has 0 bridgehead atoms. The van der Waals surface area contributed by atoms with E-state index >= 15 is 0 Å². The van der Waals surface area contributed by atoms with Crippen molar-refractivity contribution in [2.75, 3.05) is 20.3 Å². The fraction of sp³-hybridized carbons (Fsp3) is 0.800. The Morgan fingerprint density at radius 2 is 2.12 bits per heavy atom. The number of carbonyl (C=O) groups is 2. The number of rotatable bonds is 8. The average Bonchev–Trinajstić information content (AvgIpc) is 2.24. The van der Waals surface area contributed by atoms with Gasteiger partial charge < -0.3 is 20.9 Å². The van der Waals surface area contributed by atoms with Crippen LogP contribution in [0.5, 0.6) is 0 Å². The van der Waals surface area contributed by atoms with Crippen molar-refractivity contribution in [2.24, 2.45) is 11.7 Å². The van der Waals surface area contributed by atoms with Crippen LogP contribution in [-0.4, -0.2) is 43.3 Å². The van der Waals surface area contributed by atoms with Crippen LogP contribution in [0.3, 0.4) is 0 Å². The summed E-state index contributed by atoms with van der Waals surface area (Å²) in [5.41, 5.74) is 5.33. The van der Waals surface area contributed by atoms with Crippen LogP contribution < -0.4 is 11.1 Å². The molecule has 2 unspecified atom stereocenters. The molecule has 2 atom stereocenters. The van der Waals surface area contributed by atoms with Gasteiger partial charge in [-0.15, -0.1) is 0 Å². The van der Waals surface area contributed by atoms with Crippen molar-refractivity contribution in [1.29, 1.82) is 0 Å². The monoisotopic (exact) mass is 232 g/mol. The molecule has 0 saturated heterocycles. The van der Waals surface area contributed by atoms with Gasteiger partial charge in [0.25, 0.3) is 0 Å². The Morgan fingerprint density at radius 3 is 2.56 bits per heavy atom. The normalized spacial score (nSPS) is 14.2. The highest BCUT2D eigenvalue weighted by Crippen LogP contribution is 2.05. The number of carboxylic acids is 1. The number of methoxy groups -OCH3 is 1. The number of nitrogens with two attached hydrogens (primary N) is 1. The van der Waals surface area contributed by atoms with Gasteiger partial charge in [0.15, 0.2) is 6.04 Å². The number of hydrogen-bond donors (Lipinski definition) is 3. The van der Waals surface area contributed by atoms with Crippen molar-refractivity contribution in [3.05, 3.63) is 0 Å². The van der Waals surface area contributed by atoms with E-state index in [1.54, 1.807) is 6.92 Å². The smallest absolute Gasteiger partial charge is 0.328 e. The molecule has 0 heterocycles. The maximum Gasteiger partial charge on any atom is 0.328 e. The molecule has 0 fully saturated rings. The van der Waals surface area contributed by atoms with Crippen LogP contribution in [0.1, 0.15) is 19.8 Å². The molecular formula is C10H20N2O4. The molecule has 0 aromatic heterocycles. The Balaban J connectivity index is 4.12. The van der Waals surface area contributed by atoms with Crippen molar-refractivity contribution in [1.82, 2.24) is 5.32 Å². The molecule has 0 aliphatic heterocycles. The second-order valence-electron chi connectivity index (χ2n) is 3.69. The van der Waals surface area contributed by atoms with Gasteiger partial charge in [0, 0.05) is 13.0 Å². The van der Waals surface area contributed by atoms with Crippen LogP contribution in [-0.2, 0) is 14.3 Å². The molecule has 0 spiro atoms. The van der Waals surface area contributed by atoms with E-state index in [0.717, 1.165) is 6.42 Å². The molecule has 94 valence electrons. The van der Waals surface area contributed by atoms with E-state index in [1.807, 2.05) is 0 Å². The molecule has 0 aliphatic rings. The summed E-state index contributed by atoms with van der Waals surface area (Å²) in [5.74, 6) is -1.61. The molecule has 0 aromatic carbocycles. The summed E-state index contributed by atoms with van der Waals surface area (Å²) in [6, 6.07) is -0.988. The van der Waals surface area contributed by atoms with Crippen molar-refractivity contribution in [3.8, 4) is 0 Å². The maximum atomic E-state index is 11.6. The largest absolute Gasteiger partial charge is 0.480 e. The van der Waals surface area contributed by atoms with Gasteiger partial charge in [-0.2, -0.15) is 0 Å². The topological polar surface area (TPSA) is 102 Å². The predicted octanol–water partition coefficient (Wildman–Crippen LogP) is -0.423. The van der Waals surface area contributed by atoms with Crippen LogP contribution in [0.25, 0.3) is 0 Å².